The summed E-state index contributed by atoms with van der Waals surface area (Å²) in [7, 11) is 3.68. The highest BCUT2D eigenvalue weighted by atomic mass is 16.5. The lowest BCUT2D eigenvalue weighted by Gasteiger charge is -2.09. The lowest BCUT2D eigenvalue weighted by Crippen LogP contribution is -2.05. The van der Waals surface area contributed by atoms with E-state index in [9.17, 15) is 4.79 Å². The molecule has 5 nitrogen and oxygen atoms in total. The molecule has 5 rings (SSSR count). The number of methoxy groups -OCH3 is 1. The van der Waals surface area contributed by atoms with Gasteiger partial charge in [-0.05, 0) is 66.3 Å². The predicted molar refractivity (Wildman–Crippen MR) is 124 cm³/mol. The van der Waals surface area contributed by atoms with E-state index >= 15 is 0 Å². The van der Waals surface area contributed by atoms with Crippen LogP contribution in [0.1, 0.15) is 44.4 Å². The first-order valence-corrected chi connectivity index (χ1v) is 10.8. The fourth-order valence-corrected chi connectivity index (χ4v) is 4.44. The highest BCUT2D eigenvalue weighted by Gasteiger charge is 2.27. The van der Waals surface area contributed by atoms with Crippen molar-refractivity contribution in [2.45, 2.75) is 26.2 Å². The summed E-state index contributed by atoms with van der Waals surface area (Å²) in [5.74, 6) is 1.75. The molecule has 1 aliphatic rings. The van der Waals surface area contributed by atoms with Gasteiger partial charge in [-0.1, -0.05) is 30.3 Å². The van der Waals surface area contributed by atoms with Crippen molar-refractivity contribution in [2.24, 2.45) is 7.05 Å². The molecule has 2 aromatic heterocycles. The number of carbonyl (C=O) groups is 1. The lowest BCUT2D eigenvalue weighted by atomic mass is 9.96. The van der Waals surface area contributed by atoms with E-state index in [4.69, 9.17) is 9.72 Å². The Labute approximate surface area is 187 Å². The number of fused-ring (bicyclic) bond motifs is 2. The van der Waals surface area contributed by atoms with E-state index in [2.05, 4.69) is 21.7 Å². The topological polar surface area (TPSA) is 57.0 Å². The van der Waals surface area contributed by atoms with Crippen LogP contribution in [0.2, 0.25) is 0 Å². The van der Waals surface area contributed by atoms with E-state index in [0.717, 1.165) is 63.6 Å². The fourth-order valence-electron chi connectivity index (χ4n) is 4.44. The fraction of sp³-hybridized carbons (Fsp3) is 0.222. The maximum atomic E-state index is 13.4. The minimum Gasteiger partial charge on any atom is -0.497 e. The van der Waals surface area contributed by atoms with E-state index in [-0.39, 0.29) is 5.78 Å². The molecule has 1 aliphatic carbocycles. The number of ketones is 1. The van der Waals surface area contributed by atoms with Gasteiger partial charge in [0.2, 0.25) is 5.78 Å². The van der Waals surface area contributed by atoms with Gasteiger partial charge in [0.25, 0.3) is 0 Å². The third-order valence-corrected chi connectivity index (χ3v) is 6.25. The molecule has 0 unspecified atom stereocenters. The summed E-state index contributed by atoms with van der Waals surface area (Å²) >= 11 is 0. The van der Waals surface area contributed by atoms with Gasteiger partial charge in [-0.15, -0.1) is 0 Å². The Balaban J connectivity index is 1.47. The first-order chi connectivity index (χ1) is 15.5. The quantitative estimate of drug-likeness (QED) is 0.477. The number of benzene rings is 2. The summed E-state index contributed by atoms with van der Waals surface area (Å²) in [6.07, 6.45) is 4.10. The molecule has 0 saturated heterocycles. The van der Waals surface area contributed by atoms with Gasteiger partial charge < -0.3 is 9.30 Å². The maximum Gasteiger partial charge on any atom is 0.213 e. The average molecular weight is 424 g/mol. The Morgan fingerprint density at radius 3 is 2.53 bits per heavy atom. The molecule has 0 aliphatic heterocycles. The zero-order valence-electron chi connectivity index (χ0n) is 18.6. The van der Waals surface area contributed by atoms with E-state index in [1.54, 1.807) is 7.11 Å². The highest BCUT2D eigenvalue weighted by Crippen LogP contribution is 2.29. The molecule has 2 heterocycles. The maximum absolute atomic E-state index is 13.4. The third-order valence-electron chi connectivity index (χ3n) is 6.25. The van der Waals surface area contributed by atoms with Crippen molar-refractivity contribution in [1.82, 2.24) is 14.5 Å². The van der Waals surface area contributed by atoms with E-state index in [0.29, 0.717) is 12.1 Å². The van der Waals surface area contributed by atoms with Crippen molar-refractivity contribution in [1.29, 1.82) is 0 Å². The second-order valence-corrected chi connectivity index (χ2v) is 8.29. The first kappa shape index (κ1) is 20.2. The van der Waals surface area contributed by atoms with Gasteiger partial charge in [0, 0.05) is 36.6 Å². The predicted octanol–water partition coefficient (Wildman–Crippen LogP) is 4.72. The second kappa shape index (κ2) is 8.08. The molecule has 0 atom stereocenters. The van der Waals surface area contributed by atoms with Crippen LogP contribution in [0.25, 0.3) is 11.1 Å². The van der Waals surface area contributed by atoms with Crippen molar-refractivity contribution < 1.29 is 9.53 Å². The number of hydrogen-bond donors (Lipinski definition) is 0. The number of pyridine rings is 1. The van der Waals surface area contributed by atoms with Crippen LogP contribution in [-0.4, -0.2) is 27.4 Å². The number of aromatic nitrogens is 3. The minimum absolute atomic E-state index is 0.0153. The van der Waals surface area contributed by atoms with Gasteiger partial charge in [0.15, 0.2) is 0 Å². The van der Waals surface area contributed by atoms with Gasteiger partial charge in [-0.3, -0.25) is 9.78 Å². The molecule has 0 fully saturated rings. The molecule has 0 saturated carbocycles. The zero-order valence-corrected chi connectivity index (χ0v) is 18.6. The number of hydrogen-bond acceptors (Lipinski definition) is 4. The molecule has 2 aromatic carbocycles. The monoisotopic (exact) mass is 423 g/mol. The SMILES string of the molecule is COc1ccc(Cc2nc3c(n2C)CCc2cc(-c4ccnc(C)c4)ccc2C3=O)cc1. The molecule has 5 heteroatoms. The zero-order chi connectivity index (χ0) is 22.2. The van der Waals surface area contributed by atoms with Crippen LogP contribution in [0, 0.1) is 6.92 Å². The number of rotatable bonds is 4. The second-order valence-electron chi connectivity index (χ2n) is 8.29. The average Bonchev–Trinajstić information content (AvgIpc) is 3.04. The Morgan fingerprint density at radius 2 is 1.78 bits per heavy atom. The molecule has 0 N–H and O–H groups in total. The van der Waals surface area contributed by atoms with Crippen molar-refractivity contribution in [3.05, 3.63) is 100 Å². The van der Waals surface area contributed by atoms with Gasteiger partial charge >= 0.3 is 0 Å². The summed E-state index contributed by atoms with van der Waals surface area (Å²) in [5, 5.41) is 0. The molecular weight excluding hydrogens is 398 g/mol. The standard InChI is InChI=1S/C27H25N3O2/c1-17-14-20(12-13-28-17)19-6-10-23-21(16-19)7-11-24-26(27(23)31)29-25(30(24)2)15-18-4-8-22(32-3)9-5-18/h4-6,8-10,12-14,16H,7,11,15H2,1-3H3. The van der Waals surface area contributed by atoms with Crippen molar-refractivity contribution in [3.8, 4) is 16.9 Å². The Morgan fingerprint density at radius 1 is 1.00 bits per heavy atom. The first-order valence-electron chi connectivity index (χ1n) is 10.8. The number of carbonyl (C=O) groups excluding carboxylic acids is 1. The third kappa shape index (κ3) is 3.60. The van der Waals surface area contributed by atoms with Gasteiger partial charge in [0.05, 0.1) is 7.11 Å². The van der Waals surface area contributed by atoms with Crippen LogP contribution in [0.4, 0.5) is 0 Å². The number of imidazole rings is 1. The van der Waals surface area contributed by atoms with Crippen LogP contribution < -0.4 is 4.74 Å². The van der Waals surface area contributed by atoms with Gasteiger partial charge in [-0.2, -0.15) is 0 Å². The molecular formula is C27H25N3O2. The van der Waals surface area contributed by atoms with E-state index in [1.807, 2.05) is 62.6 Å². The summed E-state index contributed by atoms with van der Waals surface area (Å²) in [5.41, 5.74) is 7.78. The molecule has 4 aromatic rings. The van der Waals surface area contributed by atoms with Crippen LogP contribution in [0.15, 0.2) is 60.8 Å². The van der Waals surface area contributed by atoms with Gasteiger partial charge in [-0.25, -0.2) is 4.98 Å². The Kier molecular flexibility index (Phi) is 5.10. The summed E-state index contributed by atoms with van der Waals surface area (Å²) in [6.45, 7) is 1.99. The van der Waals surface area contributed by atoms with E-state index < -0.39 is 0 Å². The molecule has 32 heavy (non-hydrogen) atoms. The van der Waals surface area contributed by atoms with E-state index in [1.165, 1.54) is 0 Å². The van der Waals surface area contributed by atoms with Crippen LogP contribution >= 0.6 is 0 Å². The minimum atomic E-state index is 0.0153. The Hall–Kier alpha value is -3.73. The summed E-state index contributed by atoms with van der Waals surface area (Å²) in [6, 6.07) is 18.2. The van der Waals surface area contributed by atoms with Crippen LogP contribution in [-0.2, 0) is 26.3 Å². The highest BCUT2D eigenvalue weighted by molar-refractivity contribution is 6.10. The van der Waals surface area contributed by atoms with Gasteiger partial charge in [0.1, 0.15) is 17.3 Å². The smallest absolute Gasteiger partial charge is 0.213 e. The lowest BCUT2D eigenvalue weighted by molar-refractivity contribution is 0.103. The molecule has 0 bridgehead atoms. The van der Waals surface area contributed by atoms with Crippen molar-refractivity contribution in [3.63, 3.8) is 0 Å². The molecule has 0 radical (unpaired) electrons. The number of nitrogens with zero attached hydrogens (tertiary/aromatic N) is 3. The van der Waals surface area contributed by atoms with Crippen LogP contribution in [0.5, 0.6) is 5.75 Å². The van der Waals surface area contributed by atoms with Crippen molar-refractivity contribution in [2.75, 3.05) is 7.11 Å². The van der Waals surface area contributed by atoms with Crippen molar-refractivity contribution >= 4 is 5.78 Å². The summed E-state index contributed by atoms with van der Waals surface area (Å²) < 4.78 is 7.34. The largest absolute Gasteiger partial charge is 0.497 e. The summed E-state index contributed by atoms with van der Waals surface area (Å²) in [4.78, 5) is 22.5. The van der Waals surface area contributed by atoms with Crippen LogP contribution in [0.3, 0.4) is 0 Å². The number of aryl methyl sites for hydroxylation is 2. The molecule has 0 spiro atoms. The normalized spacial score (nSPS) is 12.8. The Bertz CT molecular complexity index is 1320. The molecule has 160 valence electrons. The number of ether oxygens (including phenoxy) is 1. The molecule has 0 amide bonds.